The number of thiocarbonyl (C=S) groups is 1. The van der Waals surface area contributed by atoms with E-state index in [1.165, 1.54) is 6.42 Å². The number of hydrazine groups is 1. The van der Waals surface area contributed by atoms with E-state index in [1.54, 1.807) is 0 Å². The van der Waals surface area contributed by atoms with Gasteiger partial charge in [-0.05, 0) is 49.3 Å². The van der Waals surface area contributed by atoms with Crippen LogP contribution >= 0.6 is 12.2 Å². The largest absolute Gasteiger partial charge is 0.454 e. The van der Waals surface area contributed by atoms with Crippen LogP contribution in [0.2, 0.25) is 0 Å². The standard InChI is InChI=1S/C20H21N3OS/c25-19-21-18(16-10-4-1-5-11-16)24-20(14-8-3-9-15-20)22-23(19)17-12-6-2-7-13-17/h1-2,4-7,10-13,22H,3,8-9,14-15H2. The van der Waals surface area contributed by atoms with Gasteiger partial charge in [0.25, 0.3) is 0 Å². The Balaban J connectivity index is 1.76. The van der Waals surface area contributed by atoms with Gasteiger partial charge in [0.15, 0.2) is 5.72 Å². The highest BCUT2D eigenvalue weighted by atomic mass is 32.1. The van der Waals surface area contributed by atoms with Gasteiger partial charge >= 0.3 is 0 Å². The number of nitrogens with zero attached hydrogens (tertiary/aromatic N) is 2. The fourth-order valence-corrected chi connectivity index (χ4v) is 3.65. The number of para-hydroxylation sites is 1. The molecule has 2 aromatic rings. The molecular formula is C20H21N3OS. The lowest BCUT2D eigenvalue weighted by atomic mass is 9.92. The summed E-state index contributed by atoms with van der Waals surface area (Å²) in [6, 6.07) is 20.0. The summed E-state index contributed by atoms with van der Waals surface area (Å²) in [5.41, 5.74) is 5.01. The second kappa shape index (κ2) is 6.94. The van der Waals surface area contributed by atoms with E-state index in [-0.39, 0.29) is 0 Å². The predicted molar refractivity (Wildman–Crippen MR) is 105 cm³/mol. The van der Waals surface area contributed by atoms with E-state index in [4.69, 9.17) is 17.0 Å². The highest BCUT2D eigenvalue weighted by molar-refractivity contribution is 7.80. The molecule has 1 spiro atoms. The molecule has 128 valence electrons. The maximum atomic E-state index is 6.46. The van der Waals surface area contributed by atoms with E-state index in [0.29, 0.717) is 11.0 Å². The van der Waals surface area contributed by atoms with Gasteiger partial charge in [-0.25, -0.2) is 5.01 Å². The second-order valence-corrected chi connectivity index (χ2v) is 6.87. The van der Waals surface area contributed by atoms with E-state index in [1.807, 2.05) is 65.7 Å². The molecule has 0 amide bonds. The first kappa shape index (κ1) is 16.2. The normalized spacial score (nSPS) is 19.9. The van der Waals surface area contributed by atoms with Crippen molar-refractivity contribution < 1.29 is 4.74 Å². The average Bonchev–Trinajstić information content (AvgIpc) is 2.81. The summed E-state index contributed by atoms with van der Waals surface area (Å²) in [6.45, 7) is 0. The van der Waals surface area contributed by atoms with Crippen LogP contribution < -0.4 is 10.4 Å². The lowest BCUT2D eigenvalue weighted by Crippen LogP contribution is -2.57. The van der Waals surface area contributed by atoms with Crippen molar-refractivity contribution in [1.82, 2.24) is 5.43 Å². The molecule has 4 rings (SSSR count). The highest BCUT2D eigenvalue weighted by Gasteiger charge is 2.40. The first-order valence-electron chi connectivity index (χ1n) is 8.76. The SMILES string of the molecule is S=C1N=C(c2ccccc2)OC2(CCCCC2)NN1c1ccccc1. The lowest BCUT2D eigenvalue weighted by molar-refractivity contribution is -0.00993. The Bertz CT molecular complexity index is 770. The molecule has 5 heteroatoms. The summed E-state index contributed by atoms with van der Waals surface area (Å²) in [5.74, 6) is 0.596. The van der Waals surface area contributed by atoms with Crippen LogP contribution in [0.1, 0.15) is 37.7 Å². The van der Waals surface area contributed by atoms with Crippen LogP contribution in [0, 0.1) is 0 Å². The van der Waals surface area contributed by atoms with Crippen molar-refractivity contribution in [1.29, 1.82) is 0 Å². The van der Waals surface area contributed by atoms with Crippen LogP contribution in [0.3, 0.4) is 0 Å². The molecule has 0 saturated heterocycles. The van der Waals surface area contributed by atoms with E-state index in [2.05, 4.69) is 10.4 Å². The van der Waals surface area contributed by atoms with Crippen molar-refractivity contribution in [2.24, 2.45) is 4.99 Å². The van der Waals surface area contributed by atoms with E-state index in [0.717, 1.165) is 36.9 Å². The summed E-state index contributed by atoms with van der Waals surface area (Å²) in [4.78, 5) is 4.64. The molecule has 0 bridgehead atoms. The third-order valence-corrected chi connectivity index (χ3v) is 4.97. The smallest absolute Gasteiger partial charge is 0.225 e. The Hall–Kier alpha value is -2.24. The summed E-state index contributed by atoms with van der Waals surface area (Å²) < 4.78 is 6.46. The van der Waals surface area contributed by atoms with Crippen LogP contribution in [0.5, 0.6) is 0 Å². The fraction of sp³-hybridized carbons (Fsp3) is 0.300. The van der Waals surface area contributed by atoms with Gasteiger partial charge in [0.1, 0.15) is 0 Å². The molecule has 1 heterocycles. The molecule has 1 saturated carbocycles. The lowest BCUT2D eigenvalue weighted by Gasteiger charge is -2.40. The zero-order valence-corrected chi connectivity index (χ0v) is 14.8. The zero-order valence-electron chi connectivity index (χ0n) is 14.0. The van der Waals surface area contributed by atoms with Gasteiger partial charge in [-0.3, -0.25) is 0 Å². The van der Waals surface area contributed by atoms with Gasteiger partial charge in [-0.15, -0.1) is 0 Å². The van der Waals surface area contributed by atoms with Gasteiger partial charge in [0.2, 0.25) is 11.0 Å². The number of hydrogen-bond donors (Lipinski definition) is 1. The van der Waals surface area contributed by atoms with Crippen molar-refractivity contribution in [3.8, 4) is 0 Å². The Morgan fingerprint density at radius 3 is 2.24 bits per heavy atom. The Labute approximate surface area is 153 Å². The maximum Gasteiger partial charge on any atom is 0.225 e. The topological polar surface area (TPSA) is 36.9 Å². The molecule has 1 aliphatic carbocycles. The first-order valence-corrected chi connectivity index (χ1v) is 9.17. The molecule has 0 unspecified atom stereocenters. The number of ether oxygens (including phenoxy) is 1. The van der Waals surface area contributed by atoms with Crippen LogP contribution in [-0.4, -0.2) is 16.7 Å². The third-order valence-electron chi connectivity index (χ3n) is 4.69. The molecule has 1 fully saturated rings. The summed E-state index contributed by atoms with van der Waals surface area (Å²) in [6.07, 6.45) is 5.37. The minimum atomic E-state index is -0.469. The summed E-state index contributed by atoms with van der Waals surface area (Å²) >= 11 is 5.62. The number of benzene rings is 2. The van der Waals surface area contributed by atoms with Gasteiger partial charge in [-0.1, -0.05) is 42.8 Å². The van der Waals surface area contributed by atoms with Gasteiger partial charge < -0.3 is 4.74 Å². The molecule has 2 aliphatic rings. The minimum absolute atomic E-state index is 0.465. The summed E-state index contributed by atoms with van der Waals surface area (Å²) in [7, 11) is 0. The molecule has 4 nitrogen and oxygen atoms in total. The molecule has 0 radical (unpaired) electrons. The molecular weight excluding hydrogens is 330 g/mol. The number of rotatable bonds is 2. The molecule has 25 heavy (non-hydrogen) atoms. The van der Waals surface area contributed by atoms with E-state index >= 15 is 0 Å². The molecule has 0 aromatic heterocycles. The van der Waals surface area contributed by atoms with Crippen molar-refractivity contribution >= 4 is 28.9 Å². The van der Waals surface area contributed by atoms with Crippen LogP contribution in [0.15, 0.2) is 65.7 Å². The van der Waals surface area contributed by atoms with Crippen molar-refractivity contribution in [2.45, 2.75) is 37.8 Å². The number of nitrogens with one attached hydrogen (secondary N) is 1. The second-order valence-electron chi connectivity index (χ2n) is 6.51. The fourth-order valence-electron chi connectivity index (χ4n) is 3.41. The van der Waals surface area contributed by atoms with E-state index in [9.17, 15) is 0 Å². The predicted octanol–water partition coefficient (Wildman–Crippen LogP) is 4.42. The average molecular weight is 351 g/mol. The molecule has 0 atom stereocenters. The van der Waals surface area contributed by atoms with Crippen LogP contribution in [-0.2, 0) is 4.74 Å². The van der Waals surface area contributed by atoms with Crippen molar-refractivity contribution in [2.75, 3.05) is 5.01 Å². The number of anilines is 1. The minimum Gasteiger partial charge on any atom is -0.454 e. The zero-order chi connectivity index (χ0) is 17.1. The summed E-state index contributed by atoms with van der Waals surface area (Å²) in [5, 5.41) is 2.35. The highest BCUT2D eigenvalue weighted by Crippen LogP contribution is 2.33. The monoisotopic (exact) mass is 351 g/mol. The van der Waals surface area contributed by atoms with Crippen LogP contribution in [0.25, 0.3) is 0 Å². The van der Waals surface area contributed by atoms with Crippen molar-refractivity contribution in [3.63, 3.8) is 0 Å². The third kappa shape index (κ3) is 3.43. The molecule has 2 aromatic carbocycles. The quantitative estimate of drug-likeness (QED) is 0.813. The molecule has 1 N–H and O–H groups in total. The van der Waals surface area contributed by atoms with Crippen molar-refractivity contribution in [3.05, 3.63) is 66.2 Å². The van der Waals surface area contributed by atoms with Gasteiger partial charge in [0, 0.05) is 18.4 Å². The van der Waals surface area contributed by atoms with Gasteiger partial charge in [-0.2, -0.15) is 10.4 Å². The maximum absolute atomic E-state index is 6.46. The Morgan fingerprint density at radius 1 is 0.920 bits per heavy atom. The first-order chi connectivity index (χ1) is 12.3. The Morgan fingerprint density at radius 2 is 1.56 bits per heavy atom. The molecule has 1 aliphatic heterocycles. The van der Waals surface area contributed by atoms with E-state index < -0.39 is 5.72 Å². The number of aliphatic imine (C=N–C) groups is 1. The number of hydrogen-bond acceptors (Lipinski definition) is 3. The van der Waals surface area contributed by atoms with Crippen LogP contribution in [0.4, 0.5) is 5.69 Å². The Kier molecular flexibility index (Phi) is 4.51. The van der Waals surface area contributed by atoms with Gasteiger partial charge in [0.05, 0.1) is 5.69 Å².